The zero-order chi connectivity index (χ0) is 9.56. The Labute approximate surface area is 77.4 Å². The number of Topliss-reactive ketones (excluding diaryl/α,β-unsaturated/α-hetero) is 1. The van der Waals surface area contributed by atoms with Crippen LogP contribution in [0.15, 0.2) is 18.2 Å². The molecule has 0 aliphatic heterocycles. The third-order valence-corrected chi connectivity index (χ3v) is 1.13. The van der Waals surface area contributed by atoms with E-state index in [0.717, 1.165) is 0 Å². The molecule has 1 heterocycles. The van der Waals surface area contributed by atoms with Crippen molar-refractivity contribution in [2.45, 2.75) is 6.92 Å². The largest absolute Gasteiger partial charge is 0.384 e. The lowest BCUT2D eigenvalue weighted by molar-refractivity contribution is 0.101. The summed E-state index contributed by atoms with van der Waals surface area (Å²) in [7, 11) is 0. The number of carbonyl (C=O) groups excluding carboxylic acids is 1. The second-order valence-electron chi connectivity index (χ2n) is 2.00. The average Bonchev–Trinajstić information content (AvgIpc) is 2.08. The molecule has 1 aromatic heterocycles. The molecule has 0 saturated heterocycles. The van der Waals surface area contributed by atoms with Crippen LogP contribution in [0, 0.1) is 0 Å². The molecule has 2 N–H and O–H groups in total. The van der Waals surface area contributed by atoms with Gasteiger partial charge in [0.05, 0.1) is 0 Å². The van der Waals surface area contributed by atoms with Crippen LogP contribution in [-0.4, -0.2) is 17.0 Å². The predicted octanol–water partition coefficient (Wildman–Crippen LogP) is 1.41. The first-order valence-corrected chi connectivity index (χ1v) is 4.28. The minimum absolute atomic E-state index is 0.0627. The molecule has 0 fully saturated rings. The lowest BCUT2D eigenvalue weighted by Gasteiger charge is -1.93. The monoisotopic (exact) mass is 184 g/mol. The van der Waals surface area contributed by atoms with Gasteiger partial charge in [-0.2, -0.15) is 12.6 Å². The number of nitrogens with zero attached hydrogens (tertiary/aromatic N) is 1. The summed E-state index contributed by atoms with van der Waals surface area (Å²) in [6.45, 7) is 1.46. The van der Waals surface area contributed by atoms with Crippen LogP contribution < -0.4 is 5.73 Å². The van der Waals surface area contributed by atoms with Gasteiger partial charge in [-0.15, -0.1) is 0 Å². The molecule has 12 heavy (non-hydrogen) atoms. The Morgan fingerprint density at radius 3 is 2.42 bits per heavy atom. The Balaban J connectivity index is 0.000000561. The van der Waals surface area contributed by atoms with Crippen molar-refractivity contribution < 1.29 is 4.79 Å². The van der Waals surface area contributed by atoms with Gasteiger partial charge in [-0.1, -0.05) is 6.07 Å². The van der Waals surface area contributed by atoms with Crippen LogP contribution in [0.4, 0.5) is 5.82 Å². The van der Waals surface area contributed by atoms with Crippen molar-refractivity contribution in [3.63, 3.8) is 0 Å². The highest BCUT2D eigenvalue weighted by atomic mass is 32.1. The first-order valence-electron chi connectivity index (χ1n) is 3.38. The zero-order valence-electron chi connectivity index (χ0n) is 7.11. The molecule has 0 aliphatic carbocycles. The number of anilines is 1. The normalized spacial score (nSPS) is 8.25. The van der Waals surface area contributed by atoms with E-state index < -0.39 is 0 Å². The van der Waals surface area contributed by atoms with Crippen molar-refractivity contribution in [2.75, 3.05) is 12.0 Å². The third kappa shape index (κ3) is 3.39. The Morgan fingerprint density at radius 2 is 2.08 bits per heavy atom. The molecule has 66 valence electrons. The molecular weight excluding hydrogens is 172 g/mol. The smallest absolute Gasteiger partial charge is 0.178 e. The highest BCUT2D eigenvalue weighted by Gasteiger charge is 1.98. The quantitative estimate of drug-likeness (QED) is 0.512. The van der Waals surface area contributed by atoms with Crippen LogP contribution >= 0.6 is 12.6 Å². The second kappa shape index (κ2) is 5.60. The lowest BCUT2D eigenvalue weighted by Crippen LogP contribution is -1.98. The molecule has 0 atom stereocenters. The fourth-order valence-electron chi connectivity index (χ4n) is 0.648. The molecule has 0 bridgehead atoms. The summed E-state index contributed by atoms with van der Waals surface area (Å²) in [6.07, 6.45) is 1.69. The Bertz CT molecular complexity index is 263. The van der Waals surface area contributed by atoms with Crippen LogP contribution in [0.5, 0.6) is 0 Å². The maximum atomic E-state index is 10.7. The van der Waals surface area contributed by atoms with Gasteiger partial charge in [0, 0.05) is 6.92 Å². The number of hydrogen-bond donors (Lipinski definition) is 2. The van der Waals surface area contributed by atoms with Crippen molar-refractivity contribution in [1.82, 2.24) is 4.98 Å². The van der Waals surface area contributed by atoms with Crippen LogP contribution in [-0.2, 0) is 0 Å². The maximum absolute atomic E-state index is 10.7. The molecule has 0 saturated carbocycles. The van der Waals surface area contributed by atoms with E-state index in [-0.39, 0.29) is 5.78 Å². The number of hydrogen-bond acceptors (Lipinski definition) is 4. The third-order valence-electron chi connectivity index (χ3n) is 1.13. The van der Waals surface area contributed by atoms with E-state index in [1.807, 2.05) is 0 Å². The van der Waals surface area contributed by atoms with Crippen molar-refractivity contribution in [2.24, 2.45) is 0 Å². The summed E-state index contributed by atoms with van der Waals surface area (Å²) in [5, 5.41) is 0. The molecule has 1 rings (SSSR count). The van der Waals surface area contributed by atoms with Crippen molar-refractivity contribution in [1.29, 1.82) is 0 Å². The number of nitrogen functional groups attached to an aromatic ring is 1. The summed E-state index contributed by atoms with van der Waals surface area (Å²) in [6, 6.07) is 4.99. The summed E-state index contributed by atoms with van der Waals surface area (Å²) >= 11 is 3.53. The number of pyridine rings is 1. The van der Waals surface area contributed by atoms with Crippen LogP contribution in [0.25, 0.3) is 0 Å². The van der Waals surface area contributed by atoms with Crippen molar-refractivity contribution in [3.05, 3.63) is 23.9 Å². The zero-order valence-corrected chi connectivity index (χ0v) is 8.01. The average molecular weight is 184 g/mol. The van der Waals surface area contributed by atoms with Gasteiger partial charge in [-0.05, 0) is 18.4 Å². The molecule has 3 nitrogen and oxygen atoms in total. The molecular formula is C8H12N2OS. The molecule has 0 amide bonds. The van der Waals surface area contributed by atoms with E-state index >= 15 is 0 Å². The van der Waals surface area contributed by atoms with Gasteiger partial charge in [-0.25, -0.2) is 4.98 Å². The minimum atomic E-state index is -0.0627. The highest BCUT2D eigenvalue weighted by molar-refractivity contribution is 7.79. The van der Waals surface area contributed by atoms with Gasteiger partial charge in [0.15, 0.2) is 5.78 Å². The van der Waals surface area contributed by atoms with E-state index in [2.05, 4.69) is 17.6 Å². The van der Waals surface area contributed by atoms with Crippen molar-refractivity contribution >= 4 is 24.2 Å². The Kier molecular flexibility index (Phi) is 5.12. The van der Waals surface area contributed by atoms with E-state index in [1.165, 1.54) is 6.92 Å². The Morgan fingerprint density at radius 1 is 1.50 bits per heavy atom. The predicted molar refractivity (Wildman–Crippen MR) is 53.6 cm³/mol. The summed E-state index contributed by atoms with van der Waals surface area (Å²) in [5.41, 5.74) is 5.75. The number of rotatable bonds is 1. The number of aromatic nitrogens is 1. The van der Waals surface area contributed by atoms with E-state index in [1.54, 1.807) is 24.5 Å². The number of carbonyl (C=O) groups is 1. The number of nitrogens with two attached hydrogens (primary N) is 1. The number of thiol groups is 1. The SMILES string of the molecule is CC(=O)c1cccc(N)n1.CS. The van der Waals surface area contributed by atoms with Crippen LogP contribution in [0.1, 0.15) is 17.4 Å². The molecule has 0 aromatic carbocycles. The van der Waals surface area contributed by atoms with Crippen LogP contribution in [0.2, 0.25) is 0 Å². The lowest BCUT2D eigenvalue weighted by atomic mass is 10.3. The fourth-order valence-corrected chi connectivity index (χ4v) is 0.648. The van der Waals surface area contributed by atoms with Gasteiger partial charge in [0.2, 0.25) is 0 Å². The Hall–Kier alpha value is -1.03. The van der Waals surface area contributed by atoms with Gasteiger partial charge < -0.3 is 5.73 Å². The molecule has 0 spiro atoms. The van der Waals surface area contributed by atoms with Crippen LogP contribution in [0.3, 0.4) is 0 Å². The van der Waals surface area contributed by atoms with Gasteiger partial charge in [0.1, 0.15) is 11.5 Å². The van der Waals surface area contributed by atoms with Gasteiger partial charge in [-0.3, -0.25) is 4.79 Å². The molecule has 0 aliphatic rings. The first kappa shape index (κ1) is 11.0. The summed E-state index contributed by atoms with van der Waals surface area (Å²) < 4.78 is 0. The van der Waals surface area contributed by atoms with Gasteiger partial charge in [0.25, 0.3) is 0 Å². The highest BCUT2D eigenvalue weighted by Crippen LogP contribution is 1.99. The minimum Gasteiger partial charge on any atom is -0.384 e. The first-order chi connectivity index (χ1) is 5.70. The van der Waals surface area contributed by atoms with E-state index in [0.29, 0.717) is 11.5 Å². The molecule has 0 unspecified atom stereocenters. The van der Waals surface area contributed by atoms with E-state index in [9.17, 15) is 4.79 Å². The standard InChI is InChI=1S/C7H8N2O.CH4S/c1-5(10)6-3-2-4-7(8)9-6;1-2/h2-4H,1H3,(H2,8,9);2H,1H3. The van der Waals surface area contributed by atoms with Crippen molar-refractivity contribution in [3.8, 4) is 0 Å². The van der Waals surface area contributed by atoms with E-state index in [4.69, 9.17) is 5.73 Å². The maximum Gasteiger partial charge on any atom is 0.178 e. The number of ketones is 1. The van der Waals surface area contributed by atoms with Gasteiger partial charge >= 0.3 is 0 Å². The second-order valence-corrected chi connectivity index (χ2v) is 2.00. The summed E-state index contributed by atoms with van der Waals surface area (Å²) in [4.78, 5) is 14.5. The molecule has 4 heteroatoms. The molecule has 1 aromatic rings. The molecule has 0 radical (unpaired) electrons. The fraction of sp³-hybridized carbons (Fsp3) is 0.250. The topological polar surface area (TPSA) is 56.0 Å². The summed E-state index contributed by atoms with van der Waals surface area (Å²) in [5.74, 6) is 0.319.